The van der Waals surface area contributed by atoms with Gasteiger partial charge in [-0.05, 0) is 29.8 Å². The number of sulfone groups is 1. The Bertz CT molecular complexity index is 717. The Morgan fingerprint density at radius 1 is 1.16 bits per heavy atom. The molecule has 2 rings (SSSR count). The molecule has 7 heteroatoms. The minimum absolute atomic E-state index is 0.0382. The molecule has 0 aliphatic carbocycles. The molecule has 0 fully saturated rings. The molecule has 1 heterocycles. The Labute approximate surface area is 121 Å². The molecule has 2 N–H and O–H groups in total. The second-order valence-electron chi connectivity index (χ2n) is 3.92. The van der Waals surface area contributed by atoms with Crippen molar-refractivity contribution in [3.8, 4) is 0 Å². The third kappa shape index (κ3) is 3.18. The van der Waals surface area contributed by atoms with Gasteiger partial charge in [0.05, 0.1) is 20.7 Å². The molecule has 4 nitrogen and oxygen atoms in total. The predicted molar refractivity (Wildman–Crippen MR) is 76.0 cm³/mol. The van der Waals surface area contributed by atoms with Crippen molar-refractivity contribution in [2.45, 2.75) is 10.6 Å². The van der Waals surface area contributed by atoms with E-state index in [4.69, 9.17) is 28.9 Å². The SMILES string of the molecule is Nc1ccc(S(=O)(=O)Cc2ccncc2Cl)c(Cl)c1. The van der Waals surface area contributed by atoms with Gasteiger partial charge in [0, 0.05) is 18.1 Å². The molecule has 2 aromatic rings. The van der Waals surface area contributed by atoms with Crippen LogP contribution in [0.3, 0.4) is 0 Å². The van der Waals surface area contributed by atoms with E-state index in [-0.39, 0.29) is 15.7 Å². The highest BCUT2D eigenvalue weighted by atomic mass is 35.5. The van der Waals surface area contributed by atoms with Crippen molar-refractivity contribution in [3.05, 3.63) is 52.3 Å². The summed E-state index contributed by atoms with van der Waals surface area (Å²) in [4.78, 5) is 3.85. The van der Waals surface area contributed by atoms with Crippen LogP contribution in [-0.4, -0.2) is 13.4 Å². The van der Waals surface area contributed by atoms with Crippen LogP contribution in [0, 0.1) is 0 Å². The molecule has 0 atom stereocenters. The lowest BCUT2D eigenvalue weighted by molar-refractivity contribution is 0.595. The molecule has 1 aromatic heterocycles. The van der Waals surface area contributed by atoms with Crippen molar-refractivity contribution < 1.29 is 8.42 Å². The van der Waals surface area contributed by atoms with Gasteiger partial charge in [-0.15, -0.1) is 0 Å². The number of benzene rings is 1. The molecule has 0 saturated carbocycles. The third-order valence-corrected chi connectivity index (χ3v) is 4.98. The summed E-state index contributed by atoms with van der Waals surface area (Å²) in [6.07, 6.45) is 2.89. The normalized spacial score (nSPS) is 11.5. The summed E-state index contributed by atoms with van der Waals surface area (Å²) in [5, 5.41) is 0.405. The maximum Gasteiger partial charge on any atom is 0.184 e. The molecule has 0 bridgehead atoms. The zero-order chi connectivity index (χ0) is 14.0. The van der Waals surface area contributed by atoms with Gasteiger partial charge in [0.15, 0.2) is 9.84 Å². The van der Waals surface area contributed by atoms with Crippen LogP contribution in [0.1, 0.15) is 5.56 Å². The fourth-order valence-corrected chi connectivity index (χ4v) is 3.83. The first-order chi connectivity index (χ1) is 8.90. The lowest BCUT2D eigenvalue weighted by atomic mass is 10.3. The summed E-state index contributed by atoms with van der Waals surface area (Å²) in [5.41, 5.74) is 6.42. The average Bonchev–Trinajstić information content (AvgIpc) is 2.31. The summed E-state index contributed by atoms with van der Waals surface area (Å²) in [6, 6.07) is 5.85. The molecular weight excluding hydrogens is 307 g/mol. The van der Waals surface area contributed by atoms with Crippen molar-refractivity contribution in [2.75, 3.05) is 5.73 Å². The smallest absolute Gasteiger partial charge is 0.184 e. The molecule has 0 saturated heterocycles. The maximum atomic E-state index is 12.3. The quantitative estimate of drug-likeness (QED) is 0.883. The fraction of sp³-hybridized carbons (Fsp3) is 0.0833. The van der Waals surface area contributed by atoms with E-state index < -0.39 is 9.84 Å². The number of pyridine rings is 1. The maximum absolute atomic E-state index is 12.3. The van der Waals surface area contributed by atoms with Crippen molar-refractivity contribution in [1.82, 2.24) is 4.98 Å². The minimum atomic E-state index is -3.58. The van der Waals surface area contributed by atoms with Crippen molar-refractivity contribution in [1.29, 1.82) is 0 Å². The highest BCUT2D eigenvalue weighted by molar-refractivity contribution is 7.90. The standard InChI is InChI=1S/C12H10Cl2N2O2S/c13-10-5-9(15)1-2-12(10)19(17,18)7-8-3-4-16-6-11(8)14/h1-6H,7,15H2. The highest BCUT2D eigenvalue weighted by Gasteiger charge is 2.20. The molecule has 1 aromatic carbocycles. The van der Waals surface area contributed by atoms with E-state index in [1.807, 2.05) is 0 Å². The second kappa shape index (κ2) is 5.36. The summed E-state index contributed by atoms with van der Waals surface area (Å²) in [5.74, 6) is -0.238. The Morgan fingerprint density at radius 2 is 1.89 bits per heavy atom. The van der Waals surface area contributed by atoms with Gasteiger partial charge >= 0.3 is 0 Å². The van der Waals surface area contributed by atoms with Gasteiger partial charge in [0.25, 0.3) is 0 Å². The monoisotopic (exact) mass is 316 g/mol. The number of nitrogens with two attached hydrogens (primary N) is 1. The van der Waals surface area contributed by atoms with Gasteiger partial charge < -0.3 is 5.73 Å². The molecule has 0 aliphatic rings. The largest absolute Gasteiger partial charge is 0.399 e. The lowest BCUT2D eigenvalue weighted by Gasteiger charge is -2.08. The zero-order valence-electron chi connectivity index (χ0n) is 9.68. The van der Waals surface area contributed by atoms with Crippen LogP contribution in [-0.2, 0) is 15.6 Å². The van der Waals surface area contributed by atoms with Crippen molar-refractivity contribution in [2.24, 2.45) is 0 Å². The summed E-state index contributed by atoms with van der Waals surface area (Å²) >= 11 is 11.8. The minimum Gasteiger partial charge on any atom is -0.399 e. The molecule has 0 aliphatic heterocycles. The van der Waals surface area contributed by atoms with Crippen LogP contribution in [0.25, 0.3) is 0 Å². The predicted octanol–water partition coefficient (Wildman–Crippen LogP) is 2.94. The lowest BCUT2D eigenvalue weighted by Crippen LogP contribution is -2.06. The van der Waals surface area contributed by atoms with E-state index in [1.54, 1.807) is 6.07 Å². The molecule has 0 spiro atoms. The summed E-state index contributed by atoms with van der Waals surface area (Å²) < 4.78 is 24.6. The first-order valence-electron chi connectivity index (χ1n) is 5.26. The number of hydrogen-bond donors (Lipinski definition) is 1. The Hall–Kier alpha value is -1.30. The van der Waals surface area contributed by atoms with E-state index >= 15 is 0 Å². The average molecular weight is 317 g/mol. The molecule has 0 radical (unpaired) electrons. The number of aromatic nitrogens is 1. The zero-order valence-corrected chi connectivity index (χ0v) is 12.0. The van der Waals surface area contributed by atoms with E-state index in [9.17, 15) is 8.42 Å². The van der Waals surface area contributed by atoms with E-state index in [0.29, 0.717) is 16.3 Å². The molecule has 19 heavy (non-hydrogen) atoms. The number of hydrogen-bond acceptors (Lipinski definition) is 4. The van der Waals surface area contributed by atoms with Gasteiger partial charge in [-0.1, -0.05) is 23.2 Å². The number of rotatable bonds is 3. The van der Waals surface area contributed by atoms with Crippen molar-refractivity contribution >= 4 is 38.7 Å². The number of halogens is 2. The number of nitrogen functional groups attached to an aromatic ring is 1. The Kier molecular flexibility index (Phi) is 3.99. The first kappa shape index (κ1) is 14.1. The molecule has 0 amide bonds. The second-order valence-corrected chi connectivity index (χ2v) is 6.69. The number of anilines is 1. The van der Waals surface area contributed by atoms with Gasteiger partial charge in [-0.2, -0.15) is 0 Å². The van der Waals surface area contributed by atoms with Crippen LogP contribution in [0.4, 0.5) is 5.69 Å². The topological polar surface area (TPSA) is 73.1 Å². The Balaban J connectivity index is 2.41. The third-order valence-electron chi connectivity index (χ3n) is 2.49. The van der Waals surface area contributed by atoms with Crippen LogP contribution in [0.15, 0.2) is 41.6 Å². The highest BCUT2D eigenvalue weighted by Crippen LogP contribution is 2.28. The van der Waals surface area contributed by atoms with Gasteiger partial charge in [0.2, 0.25) is 0 Å². The Morgan fingerprint density at radius 3 is 2.53 bits per heavy atom. The molecule has 0 unspecified atom stereocenters. The molecule has 100 valence electrons. The van der Waals surface area contributed by atoms with Crippen molar-refractivity contribution in [3.63, 3.8) is 0 Å². The molecular formula is C12H10Cl2N2O2S. The van der Waals surface area contributed by atoms with Gasteiger partial charge in [-0.25, -0.2) is 8.42 Å². The van der Waals surface area contributed by atoms with Gasteiger partial charge in [-0.3, -0.25) is 4.98 Å². The van der Waals surface area contributed by atoms with Crippen LogP contribution in [0.5, 0.6) is 0 Å². The first-order valence-corrected chi connectivity index (χ1v) is 7.67. The van der Waals surface area contributed by atoms with Crippen LogP contribution in [0.2, 0.25) is 10.0 Å². The van der Waals surface area contributed by atoms with E-state index in [1.165, 1.54) is 30.6 Å². The van der Waals surface area contributed by atoms with Gasteiger partial charge in [0.1, 0.15) is 0 Å². The van der Waals surface area contributed by atoms with Crippen LogP contribution < -0.4 is 5.73 Å². The number of nitrogens with zero attached hydrogens (tertiary/aromatic N) is 1. The summed E-state index contributed by atoms with van der Waals surface area (Å²) in [6.45, 7) is 0. The van der Waals surface area contributed by atoms with Crippen LogP contribution >= 0.6 is 23.2 Å². The fourth-order valence-electron chi connectivity index (χ4n) is 1.57. The van der Waals surface area contributed by atoms with E-state index in [0.717, 1.165) is 0 Å². The van der Waals surface area contributed by atoms with E-state index in [2.05, 4.69) is 4.98 Å². The summed E-state index contributed by atoms with van der Waals surface area (Å²) in [7, 11) is -3.58.